The molecule has 3 nitrogen and oxygen atoms in total. The summed E-state index contributed by atoms with van der Waals surface area (Å²) in [6, 6.07) is 0.432. The van der Waals surface area contributed by atoms with Gasteiger partial charge in [-0.15, -0.1) is 12.4 Å². The fourth-order valence-electron chi connectivity index (χ4n) is 4.19. The maximum Gasteiger partial charge on any atom is 0.223 e. The van der Waals surface area contributed by atoms with Crippen molar-refractivity contribution in [3.05, 3.63) is 0 Å². The molecule has 4 heteroatoms. The van der Waals surface area contributed by atoms with Crippen LogP contribution in [0, 0.1) is 17.8 Å². The molecule has 0 aromatic carbocycles. The normalized spacial score (nSPS) is 42.4. The first-order valence-corrected chi connectivity index (χ1v) is 7.30. The number of nitrogens with one attached hydrogen (secondary N) is 1. The van der Waals surface area contributed by atoms with Gasteiger partial charge in [-0.1, -0.05) is 19.3 Å². The largest absolute Gasteiger partial charge is 0.352 e. The van der Waals surface area contributed by atoms with Crippen molar-refractivity contribution in [3.8, 4) is 0 Å². The highest BCUT2D eigenvalue weighted by Crippen LogP contribution is 2.48. The van der Waals surface area contributed by atoms with Crippen molar-refractivity contribution >= 4 is 18.3 Å². The maximum absolute atomic E-state index is 12.3. The predicted octanol–water partition coefficient (Wildman–Crippen LogP) is 2.23. The molecule has 3 saturated carbocycles. The molecular formula is C14H25ClN2O. The van der Waals surface area contributed by atoms with Crippen molar-refractivity contribution < 1.29 is 4.79 Å². The molecule has 104 valence electrons. The van der Waals surface area contributed by atoms with Gasteiger partial charge in [0.05, 0.1) is 0 Å². The predicted molar refractivity (Wildman–Crippen MR) is 74.6 cm³/mol. The highest BCUT2D eigenvalue weighted by Gasteiger charge is 2.43. The molecule has 0 aliphatic heterocycles. The molecule has 2 bridgehead atoms. The molecule has 3 N–H and O–H groups in total. The van der Waals surface area contributed by atoms with Gasteiger partial charge in [0.25, 0.3) is 0 Å². The van der Waals surface area contributed by atoms with Crippen LogP contribution >= 0.6 is 12.4 Å². The Balaban J connectivity index is 0.00000120. The first-order valence-electron chi connectivity index (χ1n) is 7.30. The lowest BCUT2D eigenvalue weighted by Gasteiger charge is -2.31. The van der Waals surface area contributed by atoms with E-state index in [4.69, 9.17) is 5.73 Å². The van der Waals surface area contributed by atoms with Gasteiger partial charge >= 0.3 is 0 Å². The van der Waals surface area contributed by atoms with E-state index in [2.05, 4.69) is 5.32 Å². The number of rotatable bonds is 2. The third-order valence-electron chi connectivity index (χ3n) is 5.22. The van der Waals surface area contributed by atoms with Crippen LogP contribution in [0.4, 0.5) is 0 Å². The molecule has 0 radical (unpaired) electrons. The zero-order valence-electron chi connectivity index (χ0n) is 10.9. The van der Waals surface area contributed by atoms with E-state index >= 15 is 0 Å². The summed E-state index contributed by atoms with van der Waals surface area (Å²) in [4.78, 5) is 12.3. The summed E-state index contributed by atoms with van der Waals surface area (Å²) in [5, 5.41) is 3.23. The molecule has 3 aliphatic rings. The van der Waals surface area contributed by atoms with Crippen LogP contribution in [0.2, 0.25) is 0 Å². The zero-order chi connectivity index (χ0) is 11.8. The van der Waals surface area contributed by atoms with E-state index in [1.807, 2.05) is 0 Å². The van der Waals surface area contributed by atoms with E-state index in [-0.39, 0.29) is 24.5 Å². The summed E-state index contributed by atoms with van der Waals surface area (Å²) in [6.07, 6.45) is 9.66. The van der Waals surface area contributed by atoms with Crippen LogP contribution in [0.15, 0.2) is 0 Å². The highest BCUT2D eigenvalue weighted by atomic mass is 35.5. The summed E-state index contributed by atoms with van der Waals surface area (Å²) in [5.74, 6) is 2.14. The molecular weight excluding hydrogens is 248 g/mol. The highest BCUT2D eigenvalue weighted by molar-refractivity contribution is 5.85. The second-order valence-electron chi connectivity index (χ2n) is 6.34. The van der Waals surface area contributed by atoms with Crippen molar-refractivity contribution in [2.45, 2.75) is 63.5 Å². The number of amides is 1. The molecule has 18 heavy (non-hydrogen) atoms. The van der Waals surface area contributed by atoms with Gasteiger partial charge in [-0.25, -0.2) is 0 Å². The van der Waals surface area contributed by atoms with Crippen molar-refractivity contribution in [1.82, 2.24) is 5.32 Å². The summed E-state index contributed by atoms with van der Waals surface area (Å²) < 4.78 is 0. The van der Waals surface area contributed by atoms with Crippen LogP contribution in [0.3, 0.4) is 0 Å². The average Bonchev–Trinajstić information content (AvgIpc) is 2.94. The van der Waals surface area contributed by atoms with E-state index in [0.717, 1.165) is 25.2 Å². The first-order chi connectivity index (χ1) is 8.24. The Bertz CT molecular complexity index is 310. The third kappa shape index (κ3) is 2.67. The van der Waals surface area contributed by atoms with E-state index in [1.54, 1.807) is 0 Å². The van der Waals surface area contributed by atoms with Crippen molar-refractivity contribution in [2.24, 2.45) is 23.5 Å². The van der Waals surface area contributed by atoms with Crippen LogP contribution in [0.25, 0.3) is 0 Å². The molecule has 5 unspecified atom stereocenters. The minimum absolute atomic E-state index is 0. The Labute approximate surface area is 116 Å². The van der Waals surface area contributed by atoms with E-state index < -0.39 is 0 Å². The number of fused-ring (bicyclic) bond motifs is 2. The number of hydrogen-bond donors (Lipinski definition) is 2. The SMILES string of the molecule is Cl.NC1CCCCC1NC(=O)C1CC2CCC1C2. The number of carbonyl (C=O) groups is 1. The lowest BCUT2D eigenvalue weighted by Crippen LogP contribution is -2.51. The molecule has 5 atom stereocenters. The maximum atomic E-state index is 12.3. The number of hydrogen-bond acceptors (Lipinski definition) is 2. The Kier molecular flexibility index (Phi) is 4.54. The second-order valence-corrected chi connectivity index (χ2v) is 6.34. The van der Waals surface area contributed by atoms with Gasteiger partial charge in [0.1, 0.15) is 0 Å². The molecule has 3 rings (SSSR count). The smallest absolute Gasteiger partial charge is 0.223 e. The van der Waals surface area contributed by atoms with Crippen molar-refractivity contribution in [3.63, 3.8) is 0 Å². The molecule has 0 spiro atoms. The van der Waals surface area contributed by atoms with Crippen LogP contribution in [0.1, 0.15) is 51.4 Å². The van der Waals surface area contributed by atoms with Crippen LogP contribution in [-0.2, 0) is 4.79 Å². The Morgan fingerprint density at radius 3 is 2.44 bits per heavy atom. The van der Waals surface area contributed by atoms with E-state index in [9.17, 15) is 4.79 Å². The Morgan fingerprint density at radius 2 is 1.83 bits per heavy atom. The molecule has 0 saturated heterocycles. The summed E-state index contributed by atoms with van der Waals surface area (Å²) in [6.45, 7) is 0. The zero-order valence-corrected chi connectivity index (χ0v) is 11.8. The van der Waals surface area contributed by atoms with Gasteiger partial charge in [0.15, 0.2) is 0 Å². The number of carbonyl (C=O) groups excluding carboxylic acids is 1. The second kappa shape index (κ2) is 5.79. The van der Waals surface area contributed by atoms with E-state index in [0.29, 0.717) is 17.7 Å². The molecule has 0 aromatic heterocycles. The fraction of sp³-hybridized carbons (Fsp3) is 0.929. The van der Waals surface area contributed by atoms with Gasteiger partial charge in [-0.3, -0.25) is 4.79 Å². The van der Waals surface area contributed by atoms with Crippen LogP contribution < -0.4 is 11.1 Å². The standard InChI is InChI=1S/C14H24N2O.ClH/c15-12-3-1-2-4-13(12)16-14(17)11-8-9-5-6-10(11)7-9;/h9-13H,1-8,15H2,(H,16,17);1H. The van der Waals surface area contributed by atoms with Gasteiger partial charge < -0.3 is 11.1 Å². The quantitative estimate of drug-likeness (QED) is 0.810. The van der Waals surface area contributed by atoms with Crippen LogP contribution in [0.5, 0.6) is 0 Å². The summed E-state index contributed by atoms with van der Waals surface area (Å²) in [7, 11) is 0. The van der Waals surface area contributed by atoms with Gasteiger partial charge in [0, 0.05) is 18.0 Å². The number of halogens is 1. The third-order valence-corrected chi connectivity index (χ3v) is 5.22. The Morgan fingerprint density at radius 1 is 1.06 bits per heavy atom. The van der Waals surface area contributed by atoms with Crippen molar-refractivity contribution in [2.75, 3.05) is 0 Å². The lowest BCUT2D eigenvalue weighted by atomic mass is 9.86. The van der Waals surface area contributed by atoms with Gasteiger partial charge in [-0.05, 0) is 43.9 Å². The van der Waals surface area contributed by atoms with Crippen LogP contribution in [-0.4, -0.2) is 18.0 Å². The Hall–Kier alpha value is -0.280. The minimum atomic E-state index is 0. The van der Waals surface area contributed by atoms with Gasteiger partial charge in [-0.2, -0.15) is 0 Å². The molecule has 0 aromatic rings. The topological polar surface area (TPSA) is 55.1 Å². The van der Waals surface area contributed by atoms with Crippen molar-refractivity contribution in [1.29, 1.82) is 0 Å². The first kappa shape index (κ1) is 14.1. The lowest BCUT2D eigenvalue weighted by molar-refractivity contribution is -0.127. The summed E-state index contributed by atoms with van der Waals surface area (Å²) >= 11 is 0. The number of nitrogens with two attached hydrogens (primary N) is 1. The molecule has 0 heterocycles. The average molecular weight is 273 g/mol. The molecule has 3 aliphatic carbocycles. The monoisotopic (exact) mass is 272 g/mol. The minimum Gasteiger partial charge on any atom is -0.352 e. The van der Waals surface area contributed by atoms with E-state index in [1.165, 1.54) is 32.1 Å². The van der Waals surface area contributed by atoms with Gasteiger partial charge in [0.2, 0.25) is 5.91 Å². The molecule has 3 fully saturated rings. The molecule has 1 amide bonds. The fourth-order valence-corrected chi connectivity index (χ4v) is 4.19. The summed E-state index contributed by atoms with van der Waals surface area (Å²) in [5.41, 5.74) is 6.09.